The van der Waals surface area contributed by atoms with Crippen molar-refractivity contribution in [3.63, 3.8) is 0 Å². The molecule has 0 N–H and O–H groups in total. The van der Waals surface area contributed by atoms with Crippen LogP contribution in [0.3, 0.4) is 0 Å². The first-order valence-corrected chi connectivity index (χ1v) is 5.00. The Labute approximate surface area is 92.1 Å². The van der Waals surface area contributed by atoms with Crippen molar-refractivity contribution in [1.29, 1.82) is 0 Å². The topological polar surface area (TPSA) is 0 Å². The van der Waals surface area contributed by atoms with Gasteiger partial charge in [0.05, 0.1) is 14.9 Å². The van der Waals surface area contributed by atoms with Crippen LogP contribution in [0.1, 0.15) is 13.8 Å². The van der Waals surface area contributed by atoms with Gasteiger partial charge < -0.3 is 0 Å². The lowest BCUT2D eigenvalue weighted by Gasteiger charge is -2.30. The SMILES string of the molecule is CC1C(Cl)=C(Cl)C(Cl)=CC1(C)Cl. The average molecular weight is 246 g/mol. The minimum atomic E-state index is -0.535. The minimum absolute atomic E-state index is 0.00386. The van der Waals surface area contributed by atoms with Crippen molar-refractivity contribution in [2.45, 2.75) is 18.7 Å². The van der Waals surface area contributed by atoms with Gasteiger partial charge in [-0.15, -0.1) is 11.6 Å². The summed E-state index contributed by atoms with van der Waals surface area (Å²) in [5.74, 6) is -0.00386. The number of allylic oxidation sites excluding steroid dienone is 4. The van der Waals surface area contributed by atoms with Crippen molar-refractivity contribution in [2.75, 3.05) is 0 Å². The summed E-state index contributed by atoms with van der Waals surface area (Å²) in [6.07, 6.45) is 1.72. The van der Waals surface area contributed by atoms with Crippen LogP contribution in [0.5, 0.6) is 0 Å². The lowest BCUT2D eigenvalue weighted by Crippen LogP contribution is -2.27. The Morgan fingerprint density at radius 3 is 2.33 bits per heavy atom. The molecule has 1 rings (SSSR count). The quantitative estimate of drug-likeness (QED) is 0.554. The number of halogens is 4. The molecule has 12 heavy (non-hydrogen) atoms. The third-order valence-electron chi connectivity index (χ3n) is 2.06. The van der Waals surface area contributed by atoms with E-state index in [1.54, 1.807) is 6.08 Å². The van der Waals surface area contributed by atoms with E-state index in [1.165, 1.54) is 0 Å². The van der Waals surface area contributed by atoms with Crippen molar-refractivity contribution in [3.8, 4) is 0 Å². The van der Waals surface area contributed by atoms with E-state index >= 15 is 0 Å². The van der Waals surface area contributed by atoms with Gasteiger partial charge in [-0.2, -0.15) is 0 Å². The van der Waals surface area contributed by atoms with Crippen molar-refractivity contribution < 1.29 is 0 Å². The van der Waals surface area contributed by atoms with Gasteiger partial charge in [0, 0.05) is 11.0 Å². The second-order valence-corrected chi connectivity index (χ2v) is 5.03. The summed E-state index contributed by atoms with van der Waals surface area (Å²) in [6, 6.07) is 0. The Morgan fingerprint density at radius 1 is 1.33 bits per heavy atom. The fraction of sp³-hybridized carbons (Fsp3) is 0.500. The highest BCUT2D eigenvalue weighted by atomic mass is 35.5. The maximum Gasteiger partial charge on any atom is 0.0738 e. The molecule has 0 aromatic heterocycles. The van der Waals surface area contributed by atoms with E-state index in [0.717, 1.165) is 0 Å². The highest BCUT2D eigenvalue weighted by Crippen LogP contribution is 2.44. The zero-order chi connectivity index (χ0) is 9.52. The third-order valence-corrected chi connectivity index (χ3v) is 3.91. The Balaban J connectivity index is 3.15. The lowest BCUT2D eigenvalue weighted by atomic mass is 9.90. The van der Waals surface area contributed by atoms with Crippen LogP contribution < -0.4 is 0 Å². The zero-order valence-electron chi connectivity index (χ0n) is 6.67. The van der Waals surface area contributed by atoms with Crippen LogP contribution >= 0.6 is 46.4 Å². The lowest BCUT2D eigenvalue weighted by molar-refractivity contribution is 0.576. The summed E-state index contributed by atoms with van der Waals surface area (Å²) in [4.78, 5) is -0.535. The van der Waals surface area contributed by atoms with E-state index in [9.17, 15) is 0 Å². The molecular formula is C8H8Cl4. The van der Waals surface area contributed by atoms with Gasteiger partial charge in [-0.3, -0.25) is 0 Å². The highest BCUT2D eigenvalue weighted by Gasteiger charge is 2.34. The monoisotopic (exact) mass is 244 g/mol. The smallest absolute Gasteiger partial charge is 0.0738 e. The van der Waals surface area contributed by atoms with Crippen LogP contribution in [0.2, 0.25) is 0 Å². The Kier molecular flexibility index (Phi) is 3.05. The van der Waals surface area contributed by atoms with Gasteiger partial charge >= 0.3 is 0 Å². The molecule has 0 aromatic rings. The van der Waals surface area contributed by atoms with E-state index in [2.05, 4.69) is 0 Å². The maximum absolute atomic E-state index is 6.14. The summed E-state index contributed by atoms with van der Waals surface area (Å²) in [5.41, 5.74) is 0. The van der Waals surface area contributed by atoms with Crippen molar-refractivity contribution in [1.82, 2.24) is 0 Å². The van der Waals surface area contributed by atoms with E-state index in [4.69, 9.17) is 46.4 Å². The normalized spacial score (nSPS) is 36.8. The minimum Gasteiger partial charge on any atom is -0.114 e. The molecule has 0 saturated heterocycles. The molecule has 0 aromatic carbocycles. The molecule has 0 amide bonds. The van der Waals surface area contributed by atoms with Gasteiger partial charge in [-0.25, -0.2) is 0 Å². The predicted octanol–water partition coefficient (Wildman–Crippen LogP) is 4.45. The van der Waals surface area contributed by atoms with E-state index < -0.39 is 4.87 Å². The molecule has 0 bridgehead atoms. The molecule has 0 heterocycles. The van der Waals surface area contributed by atoms with Crippen LogP contribution in [0.25, 0.3) is 0 Å². The Morgan fingerprint density at radius 2 is 1.83 bits per heavy atom. The first-order chi connectivity index (χ1) is 5.36. The van der Waals surface area contributed by atoms with Gasteiger partial charge in [-0.05, 0) is 13.0 Å². The standard InChI is InChI=1S/C8H8Cl4/c1-4-6(10)7(11)5(9)3-8(4,2)12/h3-4H,1-2H3. The summed E-state index contributed by atoms with van der Waals surface area (Å²) < 4.78 is 0. The van der Waals surface area contributed by atoms with Crippen molar-refractivity contribution >= 4 is 46.4 Å². The molecular weight excluding hydrogens is 238 g/mol. The number of hydrogen-bond donors (Lipinski definition) is 0. The molecule has 4 heteroatoms. The van der Waals surface area contributed by atoms with Crippen LogP contribution in [-0.2, 0) is 0 Å². The molecule has 0 saturated carbocycles. The molecule has 0 nitrogen and oxygen atoms in total. The Bertz CT molecular complexity index is 262. The zero-order valence-corrected chi connectivity index (χ0v) is 9.69. The number of rotatable bonds is 0. The molecule has 2 unspecified atom stereocenters. The molecule has 0 radical (unpaired) electrons. The second-order valence-electron chi connectivity index (χ2n) is 3.03. The van der Waals surface area contributed by atoms with Crippen LogP contribution in [0.4, 0.5) is 0 Å². The van der Waals surface area contributed by atoms with Gasteiger partial charge in [0.1, 0.15) is 0 Å². The molecule has 2 atom stereocenters. The van der Waals surface area contributed by atoms with Crippen LogP contribution in [0.15, 0.2) is 21.2 Å². The number of alkyl halides is 1. The van der Waals surface area contributed by atoms with Gasteiger partial charge in [-0.1, -0.05) is 41.7 Å². The summed E-state index contributed by atoms with van der Waals surface area (Å²) in [7, 11) is 0. The highest BCUT2D eigenvalue weighted by molar-refractivity contribution is 6.49. The molecule has 0 spiro atoms. The largest absolute Gasteiger partial charge is 0.114 e. The van der Waals surface area contributed by atoms with Crippen LogP contribution in [-0.4, -0.2) is 4.87 Å². The van der Waals surface area contributed by atoms with Gasteiger partial charge in [0.2, 0.25) is 0 Å². The van der Waals surface area contributed by atoms with Crippen molar-refractivity contribution in [2.24, 2.45) is 5.92 Å². The second kappa shape index (κ2) is 3.42. The van der Waals surface area contributed by atoms with Gasteiger partial charge in [0.15, 0.2) is 0 Å². The maximum atomic E-state index is 6.14. The molecule has 1 aliphatic carbocycles. The van der Waals surface area contributed by atoms with Gasteiger partial charge in [0.25, 0.3) is 0 Å². The first kappa shape index (κ1) is 10.7. The van der Waals surface area contributed by atoms with Crippen molar-refractivity contribution in [3.05, 3.63) is 21.2 Å². The molecule has 0 fully saturated rings. The summed E-state index contributed by atoms with van der Waals surface area (Å²) in [5, 5.41) is 1.36. The fourth-order valence-electron chi connectivity index (χ4n) is 0.988. The molecule has 1 aliphatic rings. The molecule has 0 aliphatic heterocycles. The Hall–Kier alpha value is 0.640. The number of hydrogen-bond acceptors (Lipinski definition) is 0. The third kappa shape index (κ3) is 1.77. The fourth-order valence-corrected chi connectivity index (χ4v) is 2.24. The molecule has 68 valence electrons. The summed E-state index contributed by atoms with van der Waals surface area (Å²) in [6.45, 7) is 3.77. The summed E-state index contributed by atoms with van der Waals surface area (Å²) >= 11 is 23.7. The first-order valence-electron chi connectivity index (χ1n) is 3.49. The van der Waals surface area contributed by atoms with E-state index in [-0.39, 0.29) is 5.92 Å². The average Bonchev–Trinajstić information content (AvgIpc) is 1.97. The van der Waals surface area contributed by atoms with E-state index in [0.29, 0.717) is 15.1 Å². The van der Waals surface area contributed by atoms with E-state index in [1.807, 2.05) is 13.8 Å². The predicted molar refractivity (Wildman–Crippen MR) is 56.1 cm³/mol. The van der Waals surface area contributed by atoms with Crippen LogP contribution in [0, 0.1) is 5.92 Å².